The van der Waals surface area contributed by atoms with E-state index in [0.29, 0.717) is 11.0 Å². The number of nitrogens with zero attached hydrogens (tertiary/aromatic N) is 4. The fraction of sp³-hybridized carbons (Fsp3) is 0.304. The van der Waals surface area contributed by atoms with E-state index in [9.17, 15) is 8.78 Å². The second-order valence-electron chi connectivity index (χ2n) is 7.79. The predicted octanol–water partition coefficient (Wildman–Crippen LogP) is 4.31. The van der Waals surface area contributed by atoms with Crippen molar-refractivity contribution in [2.45, 2.75) is 24.6 Å². The van der Waals surface area contributed by atoms with E-state index in [1.807, 2.05) is 6.92 Å². The SMILES string of the molecule is C#CCOc1cnc2c(Nc3cc(F)c(F)c([C@@]4(CF)N=C(N)SC(C)[C@H]4C)c3)nccc2n1. The quantitative estimate of drug-likeness (QED) is 0.501. The summed E-state index contributed by atoms with van der Waals surface area (Å²) in [4.78, 5) is 17.1. The molecule has 1 aromatic carbocycles. The number of aromatic nitrogens is 3. The van der Waals surface area contributed by atoms with Crippen LogP contribution in [0.3, 0.4) is 0 Å². The predicted molar refractivity (Wildman–Crippen MR) is 127 cm³/mol. The van der Waals surface area contributed by atoms with Crippen molar-refractivity contribution in [3.8, 4) is 18.2 Å². The summed E-state index contributed by atoms with van der Waals surface area (Å²) in [6.07, 6.45) is 8.04. The maximum Gasteiger partial charge on any atom is 0.233 e. The van der Waals surface area contributed by atoms with Gasteiger partial charge in [0.1, 0.15) is 17.7 Å². The summed E-state index contributed by atoms with van der Waals surface area (Å²) < 4.78 is 49.5. The van der Waals surface area contributed by atoms with Crippen LogP contribution in [-0.4, -0.2) is 38.7 Å². The van der Waals surface area contributed by atoms with Gasteiger partial charge in [0.05, 0.1) is 11.7 Å². The molecule has 0 saturated carbocycles. The van der Waals surface area contributed by atoms with Gasteiger partial charge in [-0.15, -0.1) is 6.42 Å². The number of fused-ring (bicyclic) bond motifs is 1. The van der Waals surface area contributed by atoms with Gasteiger partial charge in [0, 0.05) is 34.7 Å². The highest BCUT2D eigenvalue weighted by Gasteiger charge is 2.46. The highest BCUT2D eigenvalue weighted by atomic mass is 32.2. The molecule has 1 unspecified atom stereocenters. The Morgan fingerprint density at radius 2 is 2.09 bits per heavy atom. The molecule has 0 radical (unpaired) electrons. The van der Waals surface area contributed by atoms with E-state index in [0.717, 1.165) is 6.07 Å². The molecule has 0 aliphatic carbocycles. The molecule has 4 rings (SSSR count). The number of ether oxygens (including phenoxy) is 1. The molecule has 3 heterocycles. The molecule has 176 valence electrons. The Hall–Kier alpha value is -3.52. The summed E-state index contributed by atoms with van der Waals surface area (Å²) in [5.41, 5.74) is 4.96. The second-order valence-corrected chi connectivity index (χ2v) is 9.19. The molecule has 0 spiro atoms. The molecule has 34 heavy (non-hydrogen) atoms. The van der Waals surface area contributed by atoms with Gasteiger partial charge in [-0.3, -0.25) is 0 Å². The minimum atomic E-state index is -1.66. The topological polar surface area (TPSA) is 98.3 Å². The average Bonchev–Trinajstić information content (AvgIpc) is 2.82. The molecular formula is C23H21F3N6OS. The van der Waals surface area contributed by atoms with Crippen LogP contribution in [0.1, 0.15) is 19.4 Å². The second kappa shape index (κ2) is 9.38. The molecule has 0 bridgehead atoms. The van der Waals surface area contributed by atoms with Gasteiger partial charge in [-0.25, -0.2) is 33.1 Å². The molecule has 2 aromatic heterocycles. The summed E-state index contributed by atoms with van der Waals surface area (Å²) in [5.74, 6) is 0.0254. The number of benzene rings is 1. The lowest BCUT2D eigenvalue weighted by molar-refractivity contribution is 0.215. The lowest BCUT2D eigenvalue weighted by atomic mass is 9.78. The van der Waals surface area contributed by atoms with Crippen LogP contribution in [-0.2, 0) is 5.54 Å². The van der Waals surface area contributed by atoms with Crippen LogP contribution in [0.2, 0.25) is 0 Å². The number of rotatable bonds is 6. The third kappa shape index (κ3) is 4.21. The van der Waals surface area contributed by atoms with Crippen LogP contribution in [0.15, 0.2) is 35.6 Å². The summed E-state index contributed by atoms with van der Waals surface area (Å²) in [6, 6.07) is 3.90. The summed E-state index contributed by atoms with van der Waals surface area (Å²) >= 11 is 1.27. The van der Waals surface area contributed by atoms with Gasteiger partial charge in [0.25, 0.3) is 0 Å². The normalized spacial score (nSPS) is 22.2. The number of pyridine rings is 1. The Labute approximate surface area is 198 Å². The number of thioether (sulfide) groups is 1. The standard InChI is InChI=1S/C23H21F3N6OS/c1-4-7-33-18-10-29-20-17(31-18)5-6-28-21(20)30-14-8-15(19(26)16(25)9-14)23(11-24)12(2)13(3)34-22(27)32-23/h1,5-6,8-10,12-13H,7,11H2,2-3H3,(H2,27,32)(H,28,30)/t12-,13?,23+/m1/s1. The Bertz CT molecular complexity index is 1310. The molecule has 1 aliphatic heterocycles. The van der Waals surface area contributed by atoms with Gasteiger partial charge in [-0.1, -0.05) is 31.5 Å². The van der Waals surface area contributed by atoms with Gasteiger partial charge < -0.3 is 15.8 Å². The minimum absolute atomic E-state index is 0.0346. The smallest absolute Gasteiger partial charge is 0.233 e. The van der Waals surface area contributed by atoms with Crippen molar-refractivity contribution >= 4 is 39.5 Å². The fourth-order valence-corrected chi connectivity index (χ4v) is 4.88. The number of nitrogens with one attached hydrogen (secondary N) is 1. The van der Waals surface area contributed by atoms with E-state index < -0.39 is 29.8 Å². The third-order valence-electron chi connectivity index (χ3n) is 5.78. The van der Waals surface area contributed by atoms with Gasteiger partial charge >= 0.3 is 0 Å². The number of amidine groups is 1. The van der Waals surface area contributed by atoms with Crippen LogP contribution in [0.25, 0.3) is 11.0 Å². The van der Waals surface area contributed by atoms with Gasteiger partial charge in [0.2, 0.25) is 5.88 Å². The Balaban J connectivity index is 1.77. The number of anilines is 2. The summed E-state index contributed by atoms with van der Waals surface area (Å²) in [6.45, 7) is 2.58. The van der Waals surface area contributed by atoms with Crippen molar-refractivity contribution in [1.82, 2.24) is 15.0 Å². The number of nitrogens with two attached hydrogens (primary N) is 1. The fourth-order valence-electron chi connectivity index (χ4n) is 3.85. The molecule has 11 heteroatoms. The molecule has 0 fully saturated rings. The van der Waals surface area contributed by atoms with Crippen molar-refractivity contribution in [2.75, 3.05) is 18.6 Å². The highest BCUT2D eigenvalue weighted by molar-refractivity contribution is 8.14. The lowest BCUT2D eigenvalue weighted by Gasteiger charge is -2.40. The van der Waals surface area contributed by atoms with E-state index in [4.69, 9.17) is 16.9 Å². The molecule has 0 saturated heterocycles. The molecule has 3 atom stereocenters. The zero-order valence-electron chi connectivity index (χ0n) is 18.3. The van der Waals surface area contributed by atoms with Crippen molar-refractivity contribution in [3.05, 3.63) is 47.8 Å². The van der Waals surface area contributed by atoms with E-state index in [2.05, 4.69) is 31.2 Å². The number of hydrogen-bond acceptors (Lipinski definition) is 8. The Morgan fingerprint density at radius 3 is 2.82 bits per heavy atom. The molecule has 3 aromatic rings. The molecular weight excluding hydrogens is 465 g/mol. The van der Waals surface area contributed by atoms with E-state index in [-0.39, 0.29) is 40.0 Å². The summed E-state index contributed by atoms with van der Waals surface area (Å²) in [7, 11) is 0. The maximum absolute atomic E-state index is 15.0. The molecule has 7 nitrogen and oxygen atoms in total. The number of alkyl halides is 1. The first-order valence-corrected chi connectivity index (χ1v) is 11.2. The van der Waals surface area contributed by atoms with Gasteiger partial charge in [0.15, 0.2) is 29.2 Å². The Morgan fingerprint density at radius 1 is 1.29 bits per heavy atom. The molecule has 3 N–H and O–H groups in total. The first kappa shape index (κ1) is 23.6. The van der Waals surface area contributed by atoms with Gasteiger partial charge in [-0.05, 0) is 12.1 Å². The van der Waals surface area contributed by atoms with Crippen LogP contribution in [0.5, 0.6) is 5.88 Å². The average molecular weight is 487 g/mol. The summed E-state index contributed by atoms with van der Waals surface area (Å²) in [5, 5.41) is 2.90. The minimum Gasteiger partial charge on any atom is -0.463 e. The lowest BCUT2D eigenvalue weighted by Crippen LogP contribution is -2.45. The van der Waals surface area contributed by atoms with Crippen LogP contribution in [0, 0.1) is 29.9 Å². The van der Waals surface area contributed by atoms with Crippen molar-refractivity contribution in [1.29, 1.82) is 0 Å². The monoisotopic (exact) mass is 486 g/mol. The largest absolute Gasteiger partial charge is 0.463 e. The number of terminal acetylenes is 1. The zero-order chi connectivity index (χ0) is 24.5. The van der Waals surface area contributed by atoms with Crippen molar-refractivity contribution in [3.63, 3.8) is 0 Å². The maximum atomic E-state index is 15.0. The number of hydrogen-bond donors (Lipinski definition) is 2. The van der Waals surface area contributed by atoms with Crippen molar-refractivity contribution < 1.29 is 17.9 Å². The first-order valence-electron chi connectivity index (χ1n) is 10.3. The number of aliphatic imine (C=N–C) groups is 1. The van der Waals surface area contributed by atoms with Crippen LogP contribution in [0.4, 0.5) is 24.7 Å². The van der Waals surface area contributed by atoms with E-state index in [1.54, 1.807) is 13.0 Å². The van der Waals surface area contributed by atoms with E-state index >= 15 is 4.39 Å². The van der Waals surface area contributed by atoms with Gasteiger partial charge in [-0.2, -0.15) is 0 Å². The van der Waals surface area contributed by atoms with Crippen LogP contribution < -0.4 is 15.8 Å². The first-order chi connectivity index (χ1) is 16.3. The Kier molecular flexibility index (Phi) is 6.52. The van der Waals surface area contributed by atoms with Crippen molar-refractivity contribution in [2.24, 2.45) is 16.6 Å². The highest BCUT2D eigenvalue weighted by Crippen LogP contribution is 2.46. The van der Waals surface area contributed by atoms with Crippen LogP contribution >= 0.6 is 11.8 Å². The molecule has 0 amide bonds. The third-order valence-corrected chi connectivity index (χ3v) is 6.89. The zero-order valence-corrected chi connectivity index (χ0v) is 19.2. The number of halogens is 3. The van der Waals surface area contributed by atoms with E-state index in [1.165, 1.54) is 30.2 Å². The molecule has 1 aliphatic rings.